The Hall–Kier alpha value is -3.21. The lowest BCUT2D eigenvalue weighted by Crippen LogP contribution is -2.51. The molecular weight excluding hydrogens is 426 g/mol. The number of carbonyl (C=O) groups is 1. The number of benzene rings is 1. The van der Waals surface area contributed by atoms with Gasteiger partial charge in [0.15, 0.2) is 0 Å². The number of aromatic amines is 1. The summed E-state index contributed by atoms with van der Waals surface area (Å²) in [5.74, 6) is 0.551. The number of amides is 2. The Labute approximate surface area is 191 Å². The summed E-state index contributed by atoms with van der Waals surface area (Å²) in [4.78, 5) is 17.2. The van der Waals surface area contributed by atoms with Gasteiger partial charge in [-0.2, -0.15) is 0 Å². The van der Waals surface area contributed by atoms with Gasteiger partial charge in [-0.25, -0.2) is 9.78 Å². The van der Waals surface area contributed by atoms with Gasteiger partial charge in [0.2, 0.25) is 5.88 Å². The second-order valence-electron chi connectivity index (χ2n) is 8.01. The Morgan fingerprint density at radius 1 is 1.27 bits per heavy atom. The van der Waals surface area contributed by atoms with Crippen LogP contribution in [0.4, 0.5) is 10.6 Å². The van der Waals surface area contributed by atoms with Crippen LogP contribution in [-0.2, 0) is 11.3 Å². The monoisotopic (exact) mass is 455 g/mol. The fraction of sp³-hybridized carbons (Fsp3) is 0.435. The zero-order chi connectivity index (χ0) is 23.3. The third-order valence-corrected chi connectivity index (χ3v) is 5.81. The van der Waals surface area contributed by atoms with Crippen molar-refractivity contribution in [2.24, 2.45) is 0 Å². The normalized spacial score (nSPS) is 15.6. The van der Waals surface area contributed by atoms with Gasteiger partial charge in [0.25, 0.3) is 0 Å². The zero-order valence-corrected chi connectivity index (χ0v) is 18.5. The molecule has 1 fully saturated rings. The average Bonchev–Trinajstić information content (AvgIpc) is 3.21. The van der Waals surface area contributed by atoms with Crippen LogP contribution in [-0.4, -0.2) is 56.8 Å². The van der Waals surface area contributed by atoms with Gasteiger partial charge in [0.1, 0.15) is 12.4 Å². The van der Waals surface area contributed by atoms with Crippen LogP contribution in [0.3, 0.4) is 0 Å². The lowest BCUT2D eigenvalue weighted by atomic mass is 9.72. The molecule has 0 bridgehead atoms. The van der Waals surface area contributed by atoms with E-state index in [2.05, 4.69) is 25.8 Å². The summed E-state index contributed by atoms with van der Waals surface area (Å²) in [6.45, 7) is 2.86. The van der Waals surface area contributed by atoms with E-state index in [1.165, 1.54) is 0 Å². The van der Waals surface area contributed by atoms with Gasteiger partial charge in [-0.05, 0) is 31.7 Å². The largest absolute Gasteiger partial charge is 0.474 e. The second kappa shape index (κ2) is 10.2. The molecule has 1 aliphatic rings. The van der Waals surface area contributed by atoms with Crippen LogP contribution < -0.4 is 15.4 Å². The number of H-pyrrole nitrogens is 1. The first-order chi connectivity index (χ1) is 16.0. The molecule has 1 aromatic carbocycles. The molecule has 0 aliphatic heterocycles. The van der Waals surface area contributed by atoms with E-state index in [0.717, 1.165) is 12.0 Å². The Kier molecular flexibility index (Phi) is 7.07. The first-order valence-electron chi connectivity index (χ1n) is 11.1. The number of ether oxygens (including phenoxy) is 2. The van der Waals surface area contributed by atoms with Gasteiger partial charge in [0.05, 0.1) is 41.5 Å². The fourth-order valence-electron chi connectivity index (χ4n) is 4.00. The Morgan fingerprint density at radius 3 is 2.73 bits per heavy atom. The van der Waals surface area contributed by atoms with Crippen molar-refractivity contribution in [2.45, 2.75) is 44.4 Å². The smallest absolute Gasteiger partial charge is 0.320 e. The van der Waals surface area contributed by atoms with Crippen LogP contribution in [0, 0.1) is 0 Å². The van der Waals surface area contributed by atoms with Crippen molar-refractivity contribution in [1.82, 2.24) is 20.5 Å². The molecule has 1 atom stereocenters. The van der Waals surface area contributed by atoms with E-state index >= 15 is 0 Å². The molecule has 176 valence electrons. The van der Waals surface area contributed by atoms with Crippen LogP contribution in [0.15, 0.2) is 36.4 Å². The number of nitrogens with zero attached hydrogens (tertiary/aromatic N) is 2. The van der Waals surface area contributed by atoms with E-state index in [1.54, 1.807) is 6.07 Å². The number of aliphatic hydroxyl groups is 2. The molecule has 4 rings (SSSR count). The molecule has 1 unspecified atom stereocenters. The number of aliphatic hydroxyl groups excluding tert-OH is 1. The molecule has 5 N–H and O–H groups in total. The Morgan fingerprint density at radius 2 is 2.06 bits per heavy atom. The summed E-state index contributed by atoms with van der Waals surface area (Å²) in [5, 5.41) is 33.9. The molecule has 0 saturated heterocycles. The molecule has 1 saturated carbocycles. The summed E-state index contributed by atoms with van der Waals surface area (Å²) >= 11 is 0. The summed E-state index contributed by atoms with van der Waals surface area (Å²) in [7, 11) is 0. The Bertz CT molecular complexity index is 1080. The van der Waals surface area contributed by atoms with Crippen molar-refractivity contribution in [2.75, 3.05) is 25.1 Å². The van der Waals surface area contributed by atoms with E-state index < -0.39 is 17.7 Å². The summed E-state index contributed by atoms with van der Waals surface area (Å²) in [5.41, 5.74) is 0.730. The quantitative estimate of drug-likeness (QED) is 0.296. The lowest BCUT2D eigenvalue weighted by molar-refractivity contribution is -0.0627. The highest BCUT2D eigenvalue weighted by molar-refractivity contribution is 5.93. The number of carbonyl (C=O) groups excluding carboxylic acids is 1. The minimum absolute atomic E-state index is 0.237. The van der Waals surface area contributed by atoms with Gasteiger partial charge in [-0.3, -0.25) is 10.4 Å². The van der Waals surface area contributed by atoms with Crippen LogP contribution in [0.1, 0.15) is 43.5 Å². The molecule has 0 radical (unpaired) electrons. The molecule has 10 nitrogen and oxygen atoms in total. The van der Waals surface area contributed by atoms with Crippen molar-refractivity contribution in [3.63, 3.8) is 0 Å². The van der Waals surface area contributed by atoms with Gasteiger partial charge >= 0.3 is 6.03 Å². The molecule has 2 heterocycles. The highest BCUT2D eigenvalue weighted by Gasteiger charge is 2.43. The summed E-state index contributed by atoms with van der Waals surface area (Å²) in [6, 6.07) is 9.96. The van der Waals surface area contributed by atoms with Gasteiger partial charge in [-0.15, -0.1) is 5.10 Å². The van der Waals surface area contributed by atoms with Crippen molar-refractivity contribution >= 4 is 22.8 Å². The third kappa shape index (κ3) is 5.08. The molecule has 10 heteroatoms. The first kappa shape index (κ1) is 23.0. The van der Waals surface area contributed by atoms with E-state index in [9.17, 15) is 15.0 Å². The van der Waals surface area contributed by atoms with Crippen molar-refractivity contribution in [3.05, 3.63) is 47.7 Å². The Balaban J connectivity index is 1.50. The van der Waals surface area contributed by atoms with Crippen molar-refractivity contribution < 1.29 is 24.5 Å². The predicted molar refractivity (Wildman–Crippen MR) is 122 cm³/mol. The van der Waals surface area contributed by atoms with E-state index in [0.29, 0.717) is 55.1 Å². The maximum atomic E-state index is 12.8. The minimum atomic E-state index is -0.983. The highest BCUT2D eigenvalue weighted by Crippen LogP contribution is 2.42. The van der Waals surface area contributed by atoms with Gasteiger partial charge in [0, 0.05) is 12.7 Å². The van der Waals surface area contributed by atoms with Crippen molar-refractivity contribution in [3.8, 4) is 5.88 Å². The van der Waals surface area contributed by atoms with Gasteiger partial charge in [-0.1, -0.05) is 30.3 Å². The summed E-state index contributed by atoms with van der Waals surface area (Å²) < 4.78 is 10.9. The molecule has 3 aromatic rings. The van der Waals surface area contributed by atoms with Gasteiger partial charge < -0.3 is 25.0 Å². The zero-order valence-electron chi connectivity index (χ0n) is 18.5. The number of nitrogens with one attached hydrogen (secondary N) is 3. The topological polar surface area (TPSA) is 142 Å². The number of aromatic nitrogens is 3. The van der Waals surface area contributed by atoms with Crippen LogP contribution >= 0.6 is 0 Å². The second-order valence-corrected chi connectivity index (χ2v) is 8.01. The number of rotatable bonds is 10. The van der Waals surface area contributed by atoms with Crippen molar-refractivity contribution in [1.29, 1.82) is 0 Å². The molecule has 1 aliphatic carbocycles. The highest BCUT2D eigenvalue weighted by atomic mass is 16.5. The number of fused-ring (bicyclic) bond motifs is 1. The van der Waals surface area contributed by atoms with Crippen LogP contribution in [0.2, 0.25) is 0 Å². The third-order valence-electron chi connectivity index (χ3n) is 5.81. The molecule has 0 spiro atoms. The number of pyridine rings is 1. The molecule has 2 aromatic heterocycles. The average molecular weight is 456 g/mol. The molecular formula is C23H29N5O5. The number of hydrogen-bond acceptors (Lipinski definition) is 7. The number of hydrogen-bond donors (Lipinski definition) is 5. The van der Waals surface area contributed by atoms with E-state index in [1.807, 2.05) is 37.3 Å². The van der Waals surface area contributed by atoms with Crippen LogP contribution in [0.25, 0.3) is 10.9 Å². The first-order valence-corrected chi connectivity index (χ1v) is 11.1. The standard InChI is InChI=1S/C23H29N5O5/c1-2-32-11-12-33-21-19-16(27-28-21)13-18(24-17(19)14-29)25-22(30)26-20(23(31)9-6-10-23)15-7-4-3-5-8-15/h3-5,7-8,13,20,29,31H,2,6,9-12,14H2,1H3,(H,27,28)(H2,24,25,26,30). The lowest BCUT2D eigenvalue weighted by Gasteiger charge is -2.43. The maximum absolute atomic E-state index is 12.8. The molecule has 2 amide bonds. The number of anilines is 1. The van der Waals surface area contributed by atoms with E-state index in [-0.39, 0.29) is 12.4 Å². The molecule has 33 heavy (non-hydrogen) atoms. The fourth-order valence-corrected chi connectivity index (χ4v) is 4.00. The minimum Gasteiger partial charge on any atom is -0.474 e. The SMILES string of the molecule is CCOCCOc1n[nH]c2cc(NC(=O)NC(c3ccccc3)C3(O)CCC3)nc(CO)c12. The van der Waals surface area contributed by atoms with E-state index in [4.69, 9.17) is 9.47 Å². The number of urea groups is 1. The van der Waals surface area contributed by atoms with Crippen LogP contribution in [0.5, 0.6) is 5.88 Å². The maximum Gasteiger partial charge on any atom is 0.320 e. The summed E-state index contributed by atoms with van der Waals surface area (Å²) in [6.07, 6.45) is 2.15. The predicted octanol–water partition coefficient (Wildman–Crippen LogP) is 2.64.